The summed E-state index contributed by atoms with van der Waals surface area (Å²) in [5.74, 6) is 1.46. The molecule has 0 atom stereocenters. The molecular weight excluding hydrogens is 348 g/mol. The number of benzene rings is 3. The number of hydrogen-bond donors (Lipinski definition) is 3. The minimum absolute atomic E-state index is 0.154. The predicted octanol–water partition coefficient (Wildman–Crippen LogP) is 4.22. The fraction of sp³-hybridized carbons (Fsp3) is 0.150. The summed E-state index contributed by atoms with van der Waals surface area (Å²) in [6.45, 7) is 0. The molecule has 0 heterocycles. The van der Waals surface area contributed by atoms with E-state index in [9.17, 15) is 9.90 Å². The van der Waals surface area contributed by atoms with Crippen LogP contribution < -0.4 is 24.8 Å². The van der Waals surface area contributed by atoms with Gasteiger partial charge in [0.25, 0.3) is 0 Å². The highest BCUT2D eigenvalue weighted by Gasteiger charge is 2.15. The van der Waals surface area contributed by atoms with Crippen molar-refractivity contribution in [2.24, 2.45) is 0 Å². The van der Waals surface area contributed by atoms with E-state index in [2.05, 4.69) is 10.6 Å². The molecule has 0 unspecified atom stereocenters. The number of aromatic hydroxyl groups is 1. The van der Waals surface area contributed by atoms with Gasteiger partial charge in [-0.3, -0.25) is 0 Å². The van der Waals surface area contributed by atoms with Gasteiger partial charge in [-0.1, -0.05) is 24.3 Å². The summed E-state index contributed by atoms with van der Waals surface area (Å²) >= 11 is 0. The maximum Gasteiger partial charge on any atom is 0.323 e. The quantitative estimate of drug-likeness (QED) is 0.628. The van der Waals surface area contributed by atoms with Gasteiger partial charge in [0, 0.05) is 22.9 Å². The van der Waals surface area contributed by atoms with Gasteiger partial charge in [-0.05, 0) is 12.1 Å². The SMILES string of the molecule is COc1cc(NC(=O)Nc2cccc3c(O)cccc23)cc(OC)c1OC. The summed E-state index contributed by atoms with van der Waals surface area (Å²) in [7, 11) is 4.52. The number of phenolic OH excluding ortho intramolecular Hbond substituents is 1. The molecule has 0 saturated heterocycles. The van der Waals surface area contributed by atoms with Gasteiger partial charge < -0.3 is 30.0 Å². The van der Waals surface area contributed by atoms with Crippen LogP contribution in [0.5, 0.6) is 23.0 Å². The summed E-state index contributed by atoms with van der Waals surface area (Å²) in [5.41, 5.74) is 1.05. The summed E-state index contributed by atoms with van der Waals surface area (Å²) in [5, 5.41) is 16.9. The van der Waals surface area contributed by atoms with E-state index in [0.717, 1.165) is 5.39 Å². The number of rotatable bonds is 5. The van der Waals surface area contributed by atoms with Crippen LogP contribution >= 0.6 is 0 Å². The second-order valence-electron chi connectivity index (χ2n) is 5.67. The topological polar surface area (TPSA) is 89.1 Å². The highest BCUT2D eigenvalue weighted by Crippen LogP contribution is 2.40. The van der Waals surface area contributed by atoms with Crippen LogP contribution in [0.1, 0.15) is 0 Å². The van der Waals surface area contributed by atoms with Crippen molar-refractivity contribution in [3.8, 4) is 23.0 Å². The van der Waals surface area contributed by atoms with Crippen LogP contribution in [0, 0.1) is 0 Å². The second-order valence-corrected chi connectivity index (χ2v) is 5.67. The van der Waals surface area contributed by atoms with Crippen molar-refractivity contribution in [3.63, 3.8) is 0 Å². The molecule has 2 amide bonds. The molecule has 0 aliphatic carbocycles. The number of carbonyl (C=O) groups excluding carboxylic acids is 1. The van der Waals surface area contributed by atoms with Gasteiger partial charge in [-0.2, -0.15) is 0 Å². The van der Waals surface area contributed by atoms with Crippen LogP contribution in [-0.4, -0.2) is 32.5 Å². The number of hydrogen-bond acceptors (Lipinski definition) is 5. The summed E-state index contributed by atoms with van der Waals surface area (Å²) in [6.07, 6.45) is 0. The Morgan fingerprint density at radius 1 is 0.852 bits per heavy atom. The van der Waals surface area contributed by atoms with Gasteiger partial charge in [0.2, 0.25) is 5.75 Å². The molecule has 27 heavy (non-hydrogen) atoms. The van der Waals surface area contributed by atoms with Gasteiger partial charge in [0.15, 0.2) is 11.5 Å². The molecule has 0 saturated carbocycles. The van der Waals surface area contributed by atoms with Gasteiger partial charge in [0.05, 0.1) is 32.7 Å². The molecule has 0 bridgehead atoms. The molecule has 0 radical (unpaired) electrons. The molecule has 140 valence electrons. The first kappa shape index (κ1) is 18.2. The molecule has 0 fully saturated rings. The number of urea groups is 1. The number of nitrogens with one attached hydrogen (secondary N) is 2. The highest BCUT2D eigenvalue weighted by molar-refractivity contribution is 6.07. The number of fused-ring (bicyclic) bond motifs is 1. The molecule has 3 rings (SSSR count). The average Bonchev–Trinajstić information content (AvgIpc) is 2.68. The van der Waals surface area contributed by atoms with Crippen molar-refractivity contribution < 1.29 is 24.1 Å². The van der Waals surface area contributed by atoms with Crippen LogP contribution in [0.2, 0.25) is 0 Å². The fourth-order valence-electron chi connectivity index (χ4n) is 2.84. The summed E-state index contributed by atoms with van der Waals surface area (Å²) < 4.78 is 15.8. The maximum atomic E-state index is 12.5. The van der Waals surface area contributed by atoms with Crippen molar-refractivity contribution in [2.45, 2.75) is 0 Å². The Morgan fingerprint density at radius 3 is 2.11 bits per heavy atom. The highest BCUT2D eigenvalue weighted by atomic mass is 16.5. The van der Waals surface area contributed by atoms with Crippen molar-refractivity contribution in [1.29, 1.82) is 0 Å². The third-order valence-corrected chi connectivity index (χ3v) is 4.07. The van der Waals surface area contributed by atoms with E-state index >= 15 is 0 Å². The fourth-order valence-corrected chi connectivity index (χ4v) is 2.84. The summed E-state index contributed by atoms with van der Waals surface area (Å²) in [4.78, 5) is 12.5. The largest absolute Gasteiger partial charge is 0.507 e. The smallest absolute Gasteiger partial charge is 0.323 e. The predicted molar refractivity (Wildman–Crippen MR) is 104 cm³/mol. The van der Waals surface area contributed by atoms with Gasteiger partial charge in [0.1, 0.15) is 5.75 Å². The monoisotopic (exact) mass is 368 g/mol. The lowest BCUT2D eigenvalue weighted by Gasteiger charge is -2.15. The molecule has 7 nitrogen and oxygen atoms in total. The van der Waals surface area contributed by atoms with Crippen LogP contribution in [0.4, 0.5) is 16.2 Å². The van der Waals surface area contributed by atoms with E-state index in [4.69, 9.17) is 14.2 Å². The zero-order valence-electron chi connectivity index (χ0n) is 15.2. The zero-order chi connectivity index (χ0) is 19.4. The Morgan fingerprint density at radius 2 is 1.48 bits per heavy atom. The van der Waals surface area contributed by atoms with Crippen LogP contribution in [0.25, 0.3) is 10.8 Å². The molecule has 3 aromatic rings. The van der Waals surface area contributed by atoms with Gasteiger partial charge in [-0.25, -0.2) is 4.79 Å². The van der Waals surface area contributed by atoms with Crippen molar-refractivity contribution in [2.75, 3.05) is 32.0 Å². The number of methoxy groups -OCH3 is 3. The lowest BCUT2D eigenvalue weighted by molar-refractivity contribution is 0.262. The standard InChI is InChI=1S/C20H20N2O5/c1-25-17-10-12(11-18(26-2)19(17)27-3)21-20(24)22-15-8-4-7-14-13(15)6-5-9-16(14)23/h4-11,23H,1-3H3,(H2,21,22,24). The van der Waals surface area contributed by atoms with Crippen molar-refractivity contribution in [1.82, 2.24) is 0 Å². The minimum Gasteiger partial charge on any atom is -0.507 e. The Balaban J connectivity index is 1.86. The van der Waals surface area contributed by atoms with Crippen LogP contribution in [0.15, 0.2) is 48.5 Å². The first-order chi connectivity index (χ1) is 13.1. The molecule has 3 N–H and O–H groups in total. The Hall–Kier alpha value is -3.61. The van der Waals surface area contributed by atoms with E-state index in [0.29, 0.717) is 34.0 Å². The zero-order valence-corrected chi connectivity index (χ0v) is 15.2. The number of ether oxygens (including phenoxy) is 3. The Bertz CT molecular complexity index is 962. The first-order valence-corrected chi connectivity index (χ1v) is 8.16. The number of amides is 2. The van der Waals surface area contributed by atoms with Gasteiger partial charge in [-0.15, -0.1) is 0 Å². The number of phenols is 1. The average molecular weight is 368 g/mol. The molecule has 0 aliphatic heterocycles. The minimum atomic E-state index is -0.444. The lowest BCUT2D eigenvalue weighted by Crippen LogP contribution is -2.19. The molecule has 0 aromatic heterocycles. The number of carbonyl (C=O) groups is 1. The lowest BCUT2D eigenvalue weighted by atomic mass is 10.1. The first-order valence-electron chi connectivity index (χ1n) is 8.16. The summed E-state index contributed by atoms with van der Waals surface area (Å²) in [6, 6.07) is 13.3. The van der Waals surface area contributed by atoms with E-state index in [1.807, 2.05) is 6.07 Å². The molecule has 7 heteroatoms. The molecule has 0 aliphatic rings. The van der Waals surface area contributed by atoms with E-state index in [-0.39, 0.29) is 5.75 Å². The van der Waals surface area contributed by atoms with E-state index in [1.54, 1.807) is 42.5 Å². The van der Waals surface area contributed by atoms with Crippen molar-refractivity contribution >= 4 is 28.2 Å². The third-order valence-electron chi connectivity index (χ3n) is 4.07. The Kier molecular flexibility index (Phi) is 5.21. The molecule has 0 spiro atoms. The van der Waals surface area contributed by atoms with Gasteiger partial charge >= 0.3 is 6.03 Å². The molecular formula is C20H20N2O5. The van der Waals surface area contributed by atoms with Crippen LogP contribution in [-0.2, 0) is 0 Å². The van der Waals surface area contributed by atoms with E-state index < -0.39 is 6.03 Å². The normalized spacial score (nSPS) is 10.3. The Labute approximate surface area is 156 Å². The van der Waals surface area contributed by atoms with Crippen molar-refractivity contribution in [3.05, 3.63) is 48.5 Å². The van der Waals surface area contributed by atoms with Crippen LogP contribution in [0.3, 0.4) is 0 Å². The maximum absolute atomic E-state index is 12.5. The van der Waals surface area contributed by atoms with E-state index in [1.165, 1.54) is 21.3 Å². The second kappa shape index (κ2) is 7.74. The number of anilines is 2. The molecule has 3 aromatic carbocycles. The third kappa shape index (κ3) is 3.67.